The van der Waals surface area contributed by atoms with E-state index < -0.39 is 12.0 Å². The van der Waals surface area contributed by atoms with Crippen LogP contribution in [0.1, 0.15) is 31.9 Å². The van der Waals surface area contributed by atoms with E-state index in [1.165, 1.54) is 0 Å². The molecule has 2 heterocycles. The molecule has 1 fully saturated rings. The van der Waals surface area contributed by atoms with Crippen LogP contribution in [0.3, 0.4) is 0 Å². The van der Waals surface area contributed by atoms with Crippen LogP contribution >= 0.6 is 0 Å². The number of carboxylic acids is 1. The summed E-state index contributed by atoms with van der Waals surface area (Å²) in [5, 5.41) is 14.0. The third kappa shape index (κ3) is 3.95. The molecule has 26 heavy (non-hydrogen) atoms. The molecule has 1 saturated heterocycles. The molecule has 0 saturated carbocycles. The van der Waals surface area contributed by atoms with Crippen LogP contribution < -0.4 is 10.9 Å². The molecular weight excluding hydrogens is 330 g/mol. The standard InChI is InChI=1S/C19H27N5O2/c1-13-17(14(2)22-21-13)9-12-23(3)18(19(25)26)15-5-7-16(8-6-15)24-11-4-10-20-24/h4-8,10-11,13-14,17-18,21-22H,9,12H2,1-3H3,(H,25,26). The molecular formula is C19H27N5O2. The van der Waals surface area contributed by atoms with Crippen LogP contribution in [0.2, 0.25) is 0 Å². The highest BCUT2D eigenvalue weighted by Gasteiger charge is 2.31. The quantitative estimate of drug-likeness (QED) is 0.701. The molecule has 3 atom stereocenters. The Hall–Kier alpha value is -2.22. The van der Waals surface area contributed by atoms with Gasteiger partial charge in [-0.25, -0.2) is 4.68 Å². The molecule has 0 radical (unpaired) electrons. The summed E-state index contributed by atoms with van der Waals surface area (Å²) < 4.78 is 1.76. The summed E-state index contributed by atoms with van der Waals surface area (Å²) in [6, 6.07) is 9.52. The molecule has 7 heteroatoms. The van der Waals surface area contributed by atoms with Gasteiger partial charge in [-0.2, -0.15) is 5.10 Å². The van der Waals surface area contributed by atoms with Crippen molar-refractivity contribution in [1.29, 1.82) is 0 Å². The summed E-state index contributed by atoms with van der Waals surface area (Å²) in [7, 11) is 1.88. The third-order valence-corrected chi connectivity index (χ3v) is 5.29. The number of nitrogens with one attached hydrogen (secondary N) is 2. The molecule has 7 nitrogen and oxygen atoms in total. The Kier molecular flexibility index (Phi) is 5.70. The minimum absolute atomic E-state index is 0.384. The Morgan fingerprint density at radius 2 is 1.92 bits per heavy atom. The van der Waals surface area contributed by atoms with E-state index in [9.17, 15) is 9.90 Å². The average molecular weight is 357 g/mol. The highest BCUT2D eigenvalue weighted by atomic mass is 16.4. The zero-order valence-electron chi connectivity index (χ0n) is 15.5. The molecule has 0 amide bonds. The van der Waals surface area contributed by atoms with Gasteiger partial charge < -0.3 is 5.11 Å². The van der Waals surface area contributed by atoms with Gasteiger partial charge >= 0.3 is 5.97 Å². The van der Waals surface area contributed by atoms with E-state index in [-0.39, 0.29) is 0 Å². The van der Waals surface area contributed by atoms with E-state index in [0.717, 1.165) is 24.2 Å². The van der Waals surface area contributed by atoms with E-state index >= 15 is 0 Å². The summed E-state index contributed by atoms with van der Waals surface area (Å²) in [6.07, 6.45) is 4.52. The number of likely N-dealkylation sites (N-methyl/N-ethyl adjacent to an activating group) is 1. The molecule has 1 aromatic heterocycles. The Balaban J connectivity index is 1.69. The Morgan fingerprint density at radius 3 is 2.46 bits per heavy atom. The number of hydrazine groups is 1. The SMILES string of the molecule is CC1NNC(C)C1CCN(C)C(C(=O)O)c1ccc(-n2cccn2)cc1. The molecule has 0 aliphatic carbocycles. The van der Waals surface area contributed by atoms with Crippen molar-refractivity contribution in [3.63, 3.8) is 0 Å². The number of benzene rings is 1. The minimum Gasteiger partial charge on any atom is -0.480 e. The van der Waals surface area contributed by atoms with Gasteiger partial charge in [0.2, 0.25) is 0 Å². The van der Waals surface area contributed by atoms with Crippen LogP contribution in [-0.2, 0) is 4.79 Å². The number of hydrogen-bond acceptors (Lipinski definition) is 5. The Bertz CT molecular complexity index is 706. The zero-order chi connectivity index (χ0) is 18.7. The molecule has 1 aromatic carbocycles. The van der Waals surface area contributed by atoms with Gasteiger partial charge in [-0.15, -0.1) is 0 Å². The summed E-state index contributed by atoms with van der Waals surface area (Å²) in [5.41, 5.74) is 8.20. The van der Waals surface area contributed by atoms with Gasteiger partial charge in [-0.1, -0.05) is 12.1 Å². The van der Waals surface area contributed by atoms with Gasteiger partial charge in [0.1, 0.15) is 6.04 Å². The monoisotopic (exact) mass is 357 g/mol. The molecule has 3 unspecified atom stereocenters. The fraction of sp³-hybridized carbons (Fsp3) is 0.474. The highest BCUT2D eigenvalue weighted by molar-refractivity contribution is 5.75. The molecule has 0 spiro atoms. The first-order valence-corrected chi connectivity index (χ1v) is 9.01. The van der Waals surface area contributed by atoms with Crippen molar-refractivity contribution in [3.05, 3.63) is 48.3 Å². The normalized spacial score (nSPS) is 24.1. The number of rotatable bonds is 7. The molecule has 1 aliphatic heterocycles. The zero-order valence-corrected chi connectivity index (χ0v) is 15.5. The van der Waals surface area contributed by atoms with E-state index in [2.05, 4.69) is 29.8 Å². The summed E-state index contributed by atoms with van der Waals surface area (Å²) in [5.74, 6) is -0.350. The smallest absolute Gasteiger partial charge is 0.325 e. The van der Waals surface area contributed by atoms with E-state index in [1.54, 1.807) is 10.9 Å². The molecule has 1 aliphatic rings. The number of carbonyl (C=O) groups is 1. The van der Waals surface area contributed by atoms with Crippen LogP contribution in [0.15, 0.2) is 42.7 Å². The average Bonchev–Trinajstić information content (AvgIpc) is 3.25. The lowest BCUT2D eigenvalue weighted by molar-refractivity contribution is -0.143. The summed E-state index contributed by atoms with van der Waals surface area (Å²) in [4.78, 5) is 13.8. The Morgan fingerprint density at radius 1 is 1.27 bits per heavy atom. The maximum atomic E-state index is 11.9. The number of hydrogen-bond donors (Lipinski definition) is 3. The topological polar surface area (TPSA) is 82.4 Å². The third-order valence-electron chi connectivity index (χ3n) is 5.29. The summed E-state index contributed by atoms with van der Waals surface area (Å²) >= 11 is 0. The lowest BCUT2D eigenvalue weighted by Crippen LogP contribution is -2.34. The van der Waals surface area contributed by atoms with Crippen molar-refractivity contribution in [2.45, 2.75) is 38.4 Å². The van der Waals surface area contributed by atoms with Crippen molar-refractivity contribution in [3.8, 4) is 5.69 Å². The van der Waals surface area contributed by atoms with Gasteiger partial charge in [0.05, 0.1) is 5.69 Å². The van der Waals surface area contributed by atoms with Crippen molar-refractivity contribution in [2.75, 3.05) is 13.6 Å². The number of aliphatic carboxylic acids is 1. The maximum absolute atomic E-state index is 11.9. The molecule has 3 N–H and O–H groups in total. The second-order valence-corrected chi connectivity index (χ2v) is 7.08. The first-order chi connectivity index (χ1) is 12.5. The lowest BCUT2D eigenvalue weighted by Gasteiger charge is -2.27. The molecule has 0 bridgehead atoms. The highest BCUT2D eigenvalue weighted by Crippen LogP contribution is 2.24. The van der Waals surface area contributed by atoms with Crippen molar-refractivity contribution in [2.24, 2.45) is 5.92 Å². The van der Waals surface area contributed by atoms with Crippen LogP contribution in [0.5, 0.6) is 0 Å². The van der Waals surface area contributed by atoms with Gasteiger partial charge in [0, 0.05) is 24.5 Å². The van der Waals surface area contributed by atoms with E-state index in [0.29, 0.717) is 18.0 Å². The van der Waals surface area contributed by atoms with Gasteiger partial charge in [-0.05, 0) is 63.5 Å². The number of carboxylic acid groups (broad SMARTS) is 1. The first kappa shape index (κ1) is 18.6. The fourth-order valence-corrected chi connectivity index (χ4v) is 3.71. The van der Waals surface area contributed by atoms with Crippen molar-refractivity contribution >= 4 is 5.97 Å². The van der Waals surface area contributed by atoms with Crippen LogP contribution in [0.25, 0.3) is 5.69 Å². The van der Waals surface area contributed by atoms with E-state index in [1.807, 2.05) is 48.5 Å². The summed E-state index contributed by atoms with van der Waals surface area (Å²) in [6.45, 7) is 5.04. The lowest BCUT2D eigenvalue weighted by atomic mass is 9.92. The van der Waals surface area contributed by atoms with Gasteiger partial charge in [0.15, 0.2) is 0 Å². The van der Waals surface area contributed by atoms with Gasteiger partial charge in [0.25, 0.3) is 0 Å². The first-order valence-electron chi connectivity index (χ1n) is 9.01. The predicted octanol–water partition coefficient (Wildman–Crippen LogP) is 1.82. The minimum atomic E-state index is -0.830. The van der Waals surface area contributed by atoms with Crippen LogP contribution in [0.4, 0.5) is 0 Å². The molecule has 140 valence electrons. The second-order valence-electron chi connectivity index (χ2n) is 7.08. The van der Waals surface area contributed by atoms with Crippen LogP contribution in [-0.4, -0.2) is 51.4 Å². The van der Waals surface area contributed by atoms with Crippen molar-refractivity contribution in [1.82, 2.24) is 25.5 Å². The van der Waals surface area contributed by atoms with Gasteiger partial charge in [-0.3, -0.25) is 20.5 Å². The number of nitrogens with zero attached hydrogens (tertiary/aromatic N) is 3. The molecule has 3 rings (SSSR count). The largest absolute Gasteiger partial charge is 0.480 e. The predicted molar refractivity (Wildman–Crippen MR) is 99.9 cm³/mol. The number of aromatic nitrogens is 2. The Labute approximate surface area is 154 Å². The van der Waals surface area contributed by atoms with Crippen molar-refractivity contribution < 1.29 is 9.90 Å². The molecule has 2 aromatic rings. The van der Waals surface area contributed by atoms with E-state index in [4.69, 9.17) is 0 Å². The maximum Gasteiger partial charge on any atom is 0.325 e. The van der Waals surface area contributed by atoms with Crippen LogP contribution in [0, 0.1) is 5.92 Å². The second kappa shape index (κ2) is 7.99. The fourth-order valence-electron chi connectivity index (χ4n) is 3.71.